The van der Waals surface area contributed by atoms with Gasteiger partial charge in [0.05, 0.1) is 43.0 Å². The van der Waals surface area contributed by atoms with Gasteiger partial charge in [0.2, 0.25) is 0 Å². The van der Waals surface area contributed by atoms with Crippen molar-refractivity contribution in [3.63, 3.8) is 0 Å². The van der Waals surface area contributed by atoms with Crippen LogP contribution in [0.2, 0.25) is 0 Å². The number of benzene rings is 3. The Balaban J connectivity index is 1.87. The van der Waals surface area contributed by atoms with Crippen LogP contribution in [0.3, 0.4) is 0 Å². The second-order valence-electron chi connectivity index (χ2n) is 8.21. The van der Waals surface area contributed by atoms with Gasteiger partial charge in [-0.15, -0.1) is 0 Å². The zero-order chi connectivity index (χ0) is 27.2. The van der Waals surface area contributed by atoms with E-state index in [1.54, 1.807) is 72.8 Å². The highest BCUT2D eigenvalue weighted by molar-refractivity contribution is 6.06. The first kappa shape index (κ1) is 26.0. The van der Waals surface area contributed by atoms with Crippen LogP contribution in [-0.2, 0) is 25.7 Å². The maximum Gasteiger partial charge on any atom is 0.355 e. The average Bonchev–Trinajstić information content (AvgIpc) is 2.95. The minimum absolute atomic E-state index is 0.0435. The van der Waals surface area contributed by atoms with Crippen molar-refractivity contribution in [2.24, 2.45) is 5.73 Å². The molecule has 9 heteroatoms. The van der Waals surface area contributed by atoms with Gasteiger partial charge < -0.3 is 19.9 Å². The minimum Gasteiger partial charge on any atom is -0.489 e. The van der Waals surface area contributed by atoms with E-state index in [1.165, 1.54) is 25.2 Å². The quantitative estimate of drug-likeness (QED) is 0.465. The van der Waals surface area contributed by atoms with Crippen molar-refractivity contribution in [2.45, 2.75) is 12.5 Å². The van der Waals surface area contributed by atoms with Gasteiger partial charge in [0.15, 0.2) is 0 Å². The van der Waals surface area contributed by atoms with E-state index in [0.29, 0.717) is 22.6 Å². The third-order valence-corrected chi connectivity index (χ3v) is 6.04. The van der Waals surface area contributed by atoms with Crippen molar-refractivity contribution in [3.05, 3.63) is 118 Å². The molecule has 2 N–H and O–H groups in total. The lowest BCUT2D eigenvalue weighted by molar-refractivity contribution is -0.139. The van der Waals surface area contributed by atoms with E-state index in [2.05, 4.69) is 6.07 Å². The van der Waals surface area contributed by atoms with Crippen molar-refractivity contribution in [1.29, 1.82) is 5.26 Å². The third kappa shape index (κ3) is 4.92. The molecular formula is C29H24FN3O5. The zero-order valence-corrected chi connectivity index (χ0v) is 20.7. The zero-order valence-electron chi connectivity index (χ0n) is 20.7. The minimum atomic E-state index is -0.973. The average molecular weight is 514 g/mol. The lowest BCUT2D eigenvalue weighted by atomic mass is 9.81. The van der Waals surface area contributed by atoms with E-state index in [-0.39, 0.29) is 29.3 Å². The number of halogens is 1. The van der Waals surface area contributed by atoms with Crippen molar-refractivity contribution in [3.8, 4) is 11.8 Å². The number of nitrogens with two attached hydrogens (primary N) is 1. The highest BCUT2D eigenvalue weighted by Crippen LogP contribution is 2.43. The van der Waals surface area contributed by atoms with E-state index in [1.807, 2.05) is 0 Å². The van der Waals surface area contributed by atoms with Crippen molar-refractivity contribution >= 4 is 17.6 Å². The van der Waals surface area contributed by atoms with E-state index >= 15 is 0 Å². The maximum absolute atomic E-state index is 14.1. The summed E-state index contributed by atoms with van der Waals surface area (Å²) in [6.07, 6.45) is 0. The molecule has 0 aliphatic carbocycles. The molecule has 1 unspecified atom stereocenters. The highest BCUT2D eigenvalue weighted by atomic mass is 19.1. The Bertz CT molecular complexity index is 1480. The SMILES string of the molecule is COC(=O)C1=C(C(=O)OC)N(c2cccc(OCc3ccccc3F)c2)C(N)=C(C#N)C1c1ccccc1. The van der Waals surface area contributed by atoms with Crippen molar-refractivity contribution in [2.75, 3.05) is 19.1 Å². The molecule has 0 bridgehead atoms. The smallest absolute Gasteiger partial charge is 0.355 e. The molecule has 0 aromatic heterocycles. The molecule has 0 amide bonds. The monoisotopic (exact) mass is 513 g/mol. The molecule has 0 saturated carbocycles. The van der Waals surface area contributed by atoms with Crippen LogP contribution in [0.15, 0.2) is 102 Å². The van der Waals surface area contributed by atoms with Gasteiger partial charge in [-0.3, -0.25) is 4.90 Å². The summed E-state index contributed by atoms with van der Waals surface area (Å²) in [5.41, 5.74) is 7.49. The number of methoxy groups -OCH3 is 2. The first-order valence-corrected chi connectivity index (χ1v) is 11.5. The molecule has 1 aliphatic heterocycles. The molecule has 1 aliphatic rings. The number of rotatable bonds is 7. The Morgan fingerprint density at radius 1 is 0.974 bits per heavy atom. The van der Waals surface area contributed by atoms with Gasteiger partial charge >= 0.3 is 11.9 Å². The van der Waals surface area contributed by atoms with E-state index in [9.17, 15) is 19.2 Å². The fourth-order valence-electron chi connectivity index (χ4n) is 4.27. The number of carbonyl (C=O) groups excluding carboxylic acids is 2. The number of esters is 2. The van der Waals surface area contributed by atoms with Crippen LogP contribution in [0.4, 0.5) is 10.1 Å². The molecule has 0 spiro atoms. The lowest BCUT2D eigenvalue weighted by Crippen LogP contribution is -2.40. The van der Waals surface area contributed by atoms with Crippen LogP contribution >= 0.6 is 0 Å². The molecular weight excluding hydrogens is 489 g/mol. The molecule has 1 atom stereocenters. The van der Waals surface area contributed by atoms with Crippen LogP contribution in [0, 0.1) is 17.1 Å². The Hall–Kier alpha value is -5.10. The first-order valence-electron chi connectivity index (χ1n) is 11.5. The van der Waals surface area contributed by atoms with Gasteiger partial charge in [-0.1, -0.05) is 54.6 Å². The summed E-state index contributed by atoms with van der Waals surface area (Å²) in [4.78, 5) is 27.6. The van der Waals surface area contributed by atoms with Crippen LogP contribution in [0.1, 0.15) is 17.0 Å². The van der Waals surface area contributed by atoms with Crippen molar-refractivity contribution < 1.29 is 28.2 Å². The predicted molar refractivity (Wildman–Crippen MR) is 137 cm³/mol. The Morgan fingerprint density at radius 3 is 2.32 bits per heavy atom. The summed E-state index contributed by atoms with van der Waals surface area (Å²) in [6.45, 7) is -0.0475. The molecule has 38 heavy (non-hydrogen) atoms. The molecule has 0 saturated heterocycles. The molecule has 0 radical (unpaired) electrons. The summed E-state index contributed by atoms with van der Waals surface area (Å²) in [5.74, 6) is -2.79. The van der Waals surface area contributed by atoms with Crippen LogP contribution in [0.5, 0.6) is 5.75 Å². The number of nitriles is 1. The Kier molecular flexibility index (Phi) is 7.73. The molecule has 1 heterocycles. The molecule has 3 aromatic carbocycles. The molecule has 192 valence electrons. The molecule has 3 aromatic rings. The van der Waals surface area contributed by atoms with Gasteiger partial charge in [-0.05, 0) is 23.8 Å². The predicted octanol–water partition coefficient (Wildman–Crippen LogP) is 4.30. The fraction of sp³-hybridized carbons (Fsp3) is 0.138. The molecule has 4 rings (SSSR count). The molecule has 0 fully saturated rings. The number of anilines is 1. The summed E-state index contributed by atoms with van der Waals surface area (Å²) < 4.78 is 29.9. The highest BCUT2D eigenvalue weighted by Gasteiger charge is 2.43. The van der Waals surface area contributed by atoms with Crippen LogP contribution in [0.25, 0.3) is 0 Å². The van der Waals surface area contributed by atoms with E-state index in [4.69, 9.17) is 19.9 Å². The van der Waals surface area contributed by atoms with Gasteiger partial charge in [-0.25, -0.2) is 14.0 Å². The number of ether oxygens (including phenoxy) is 3. The summed E-state index contributed by atoms with van der Waals surface area (Å²) in [7, 11) is 2.36. The number of allylic oxidation sites excluding steroid dienone is 1. The van der Waals surface area contributed by atoms with Crippen LogP contribution < -0.4 is 15.4 Å². The summed E-state index contributed by atoms with van der Waals surface area (Å²) in [5, 5.41) is 10.1. The van der Waals surface area contributed by atoms with Crippen LogP contribution in [-0.4, -0.2) is 26.2 Å². The second kappa shape index (κ2) is 11.3. The largest absolute Gasteiger partial charge is 0.489 e. The summed E-state index contributed by atoms with van der Waals surface area (Å²) >= 11 is 0. The normalized spacial score (nSPS) is 15.1. The van der Waals surface area contributed by atoms with Gasteiger partial charge in [0.25, 0.3) is 0 Å². The van der Waals surface area contributed by atoms with Gasteiger partial charge in [0.1, 0.15) is 29.7 Å². The van der Waals surface area contributed by atoms with E-state index < -0.39 is 23.7 Å². The maximum atomic E-state index is 14.1. The van der Waals surface area contributed by atoms with E-state index in [0.717, 1.165) is 0 Å². The van der Waals surface area contributed by atoms with Crippen molar-refractivity contribution in [1.82, 2.24) is 0 Å². The topological polar surface area (TPSA) is 115 Å². The lowest BCUT2D eigenvalue weighted by Gasteiger charge is -2.36. The Morgan fingerprint density at radius 2 is 1.66 bits per heavy atom. The third-order valence-electron chi connectivity index (χ3n) is 6.04. The number of hydrogen-bond acceptors (Lipinski definition) is 8. The molecule has 8 nitrogen and oxygen atoms in total. The van der Waals surface area contributed by atoms with Gasteiger partial charge in [-0.2, -0.15) is 5.26 Å². The number of hydrogen-bond donors (Lipinski definition) is 1. The Labute approximate surface area is 218 Å². The fourth-order valence-corrected chi connectivity index (χ4v) is 4.27. The van der Waals surface area contributed by atoms with Gasteiger partial charge in [0, 0.05) is 11.6 Å². The number of carbonyl (C=O) groups is 2. The summed E-state index contributed by atoms with van der Waals surface area (Å²) in [6, 6.07) is 23.5. The standard InChI is InChI=1S/C29H24FN3O5/c1-36-28(34)25-24(18-9-4-3-5-10-18)22(16-31)27(32)33(26(25)29(35)37-2)20-12-8-13-21(15-20)38-17-19-11-6-7-14-23(19)30/h3-15,24H,17,32H2,1-2H3. The first-order chi connectivity index (χ1) is 18.4. The number of nitrogens with zero attached hydrogens (tertiary/aromatic N) is 2. The second-order valence-corrected chi connectivity index (χ2v) is 8.21.